The van der Waals surface area contributed by atoms with Crippen molar-refractivity contribution in [3.05, 3.63) is 35.9 Å². The number of aliphatic carboxylic acids is 1. The van der Waals surface area contributed by atoms with Gasteiger partial charge in [0.2, 0.25) is 0 Å². The van der Waals surface area contributed by atoms with Gasteiger partial charge in [0.15, 0.2) is 0 Å². The molecule has 168 valence electrons. The van der Waals surface area contributed by atoms with Crippen LogP contribution in [0.15, 0.2) is 30.3 Å². The van der Waals surface area contributed by atoms with E-state index >= 15 is 0 Å². The van der Waals surface area contributed by atoms with Gasteiger partial charge in [0, 0.05) is 6.61 Å². The van der Waals surface area contributed by atoms with E-state index in [1.165, 1.54) is 0 Å². The number of rotatable bonds is 15. The number of nitrogens with one attached hydrogen (secondary N) is 1. The van der Waals surface area contributed by atoms with Gasteiger partial charge in [0.05, 0.1) is 25.9 Å². The molecule has 0 aliphatic carbocycles. The van der Waals surface area contributed by atoms with Crippen molar-refractivity contribution in [3.63, 3.8) is 0 Å². The molecule has 0 spiro atoms. The van der Waals surface area contributed by atoms with E-state index in [1.54, 1.807) is 13.8 Å². The number of aryl methyl sites for hydroxylation is 1. The van der Waals surface area contributed by atoms with Gasteiger partial charge < -0.3 is 14.6 Å². The maximum Gasteiger partial charge on any atom is 0.325 e. The Balaban J connectivity index is 2.76. The Hall–Kier alpha value is -2.49. The first-order valence-corrected chi connectivity index (χ1v) is 10.1. The first kappa shape index (κ1) is 25.5. The van der Waals surface area contributed by atoms with Gasteiger partial charge in [-0.2, -0.15) is 0 Å². The van der Waals surface area contributed by atoms with E-state index in [2.05, 4.69) is 5.32 Å². The first-order valence-electron chi connectivity index (χ1n) is 10.1. The molecule has 0 fully saturated rings. The number of carboxylic acid groups (broad SMARTS) is 1. The predicted molar refractivity (Wildman–Crippen MR) is 110 cm³/mol. The average molecular weight is 424 g/mol. The van der Waals surface area contributed by atoms with E-state index in [-0.39, 0.29) is 19.8 Å². The average Bonchev–Trinajstić information content (AvgIpc) is 2.73. The Morgan fingerprint density at radius 1 is 1.10 bits per heavy atom. The molecule has 0 radical (unpaired) electrons. The SMILES string of the molecule is CCOCCON(CC(=O)O)C(=O)[C@H](C)N[C@@H](CCc1ccccc1)C(=O)OCC. The topological polar surface area (TPSA) is 114 Å². The molecule has 0 saturated carbocycles. The van der Waals surface area contributed by atoms with Crippen molar-refractivity contribution in [1.29, 1.82) is 0 Å². The van der Waals surface area contributed by atoms with Crippen LogP contribution in [0.3, 0.4) is 0 Å². The van der Waals surface area contributed by atoms with E-state index in [0.717, 1.165) is 10.6 Å². The molecule has 0 bridgehead atoms. The van der Waals surface area contributed by atoms with Gasteiger partial charge in [0.1, 0.15) is 12.6 Å². The Morgan fingerprint density at radius 3 is 2.40 bits per heavy atom. The minimum Gasteiger partial charge on any atom is -0.480 e. The van der Waals surface area contributed by atoms with Gasteiger partial charge in [-0.15, -0.1) is 0 Å². The molecule has 2 N–H and O–H groups in total. The summed E-state index contributed by atoms with van der Waals surface area (Å²) in [7, 11) is 0. The molecule has 0 aromatic heterocycles. The number of nitrogens with zero attached hydrogens (tertiary/aromatic N) is 1. The summed E-state index contributed by atoms with van der Waals surface area (Å²) in [6, 6.07) is 8.07. The van der Waals surface area contributed by atoms with Crippen LogP contribution in [0.5, 0.6) is 0 Å². The highest BCUT2D eigenvalue weighted by atomic mass is 16.7. The van der Waals surface area contributed by atoms with Crippen LogP contribution in [0.4, 0.5) is 0 Å². The number of hydrogen-bond acceptors (Lipinski definition) is 7. The zero-order valence-electron chi connectivity index (χ0n) is 17.8. The molecule has 2 atom stereocenters. The number of esters is 1. The van der Waals surface area contributed by atoms with Gasteiger partial charge in [0.25, 0.3) is 5.91 Å². The first-order chi connectivity index (χ1) is 14.4. The van der Waals surface area contributed by atoms with Crippen LogP contribution in [0.1, 0.15) is 32.8 Å². The molecule has 30 heavy (non-hydrogen) atoms. The van der Waals surface area contributed by atoms with Crippen molar-refractivity contribution in [3.8, 4) is 0 Å². The third-order valence-electron chi connectivity index (χ3n) is 4.16. The molecule has 1 aromatic carbocycles. The fraction of sp³-hybridized carbons (Fsp3) is 0.571. The van der Waals surface area contributed by atoms with Gasteiger partial charge in [-0.3, -0.25) is 24.5 Å². The number of hydroxylamine groups is 2. The number of hydrogen-bond donors (Lipinski definition) is 2. The number of ether oxygens (including phenoxy) is 2. The summed E-state index contributed by atoms with van der Waals surface area (Å²) < 4.78 is 10.3. The molecule has 0 heterocycles. The normalized spacial score (nSPS) is 12.8. The molecule has 0 aliphatic rings. The summed E-state index contributed by atoms with van der Waals surface area (Å²) in [6.07, 6.45) is 1.03. The molecule has 9 nitrogen and oxygen atoms in total. The van der Waals surface area contributed by atoms with Gasteiger partial charge in [-0.05, 0) is 39.2 Å². The Morgan fingerprint density at radius 2 is 1.80 bits per heavy atom. The molecule has 0 unspecified atom stereocenters. The lowest BCUT2D eigenvalue weighted by molar-refractivity contribution is -0.197. The minimum absolute atomic E-state index is 0.0366. The van der Waals surface area contributed by atoms with Crippen molar-refractivity contribution in [2.45, 2.75) is 45.7 Å². The van der Waals surface area contributed by atoms with Gasteiger partial charge in [-0.1, -0.05) is 30.3 Å². The maximum atomic E-state index is 12.7. The van der Waals surface area contributed by atoms with E-state index in [9.17, 15) is 14.4 Å². The molecule has 1 rings (SSSR count). The number of carboxylic acids is 1. The second kappa shape index (κ2) is 14.5. The maximum absolute atomic E-state index is 12.7. The summed E-state index contributed by atoms with van der Waals surface area (Å²) in [6.45, 7) is 5.42. The van der Waals surface area contributed by atoms with E-state index in [1.807, 2.05) is 37.3 Å². The van der Waals surface area contributed by atoms with Crippen LogP contribution in [0.2, 0.25) is 0 Å². The summed E-state index contributed by atoms with van der Waals surface area (Å²) >= 11 is 0. The number of amides is 1. The fourth-order valence-corrected chi connectivity index (χ4v) is 2.72. The van der Waals surface area contributed by atoms with E-state index in [0.29, 0.717) is 19.4 Å². The third-order valence-corrected chi connectivity index (χ3v) is 4.16. The number of benzene rings is 1. The quantitative estimate of drug-likeness (QED) is 0.247. The van der Waals surface area contributed by atoms with E-state index < -0.39 is 36.5 Å². The van der Waals surface area contributed by atoms with Crippen LogP contribution in [-0.2, 0) is 35.1 Å². The smallest absolute Gasteiger partial charge is 0.325 e. The van der Waals surface area contributed by atoms with Crippen molar-refractivity contribution < 1.29 is 33.8 Å². The number of carbonyl (C=O) groups is 3. The molecule has 1 aromatic rings. The lowest BCUT2D eigenvalue weighted by atomic mass is 10.0. The lowest BCUT2D eigenvalue weighted by Crippen LogP contribution is -2.52. The van der Waals surface area contributed by atoms with Gasteiger partial charge >= 0.3 is 11.9 Å². The van der Waals surface area contributed by atoms with Crippen molar-refractivity contribution in [2.24, 2.45) is 0 Å². The van der Waals surface area contributed by atoms with Crippen molar-refractivity contribution >= 4 is 17.8 Å². The van der Waals surface area contributed by atoms with Gasteiger partial charge in [-0.25, -0.2) is 5.06 Å². The van der Waals surface area contributed by atoms with Crippen molar-refractivity contribution in [2.75, 3.05) is 33.0 Å². The second-order valence-corrected chi connectivity index (χ2v) is 6.52. The molecule has 9 heteroatoms. The molecule has 0 saturated heterocycles. The van der Waals surface area contributed by atoms with Crippen LogP contribution >= 0.6 is 0 Å². The minimum atomic E-state index is -1.21. The highest BCUT2D eigenvalue weighted by Crippen LogP contribution is 2.08. The fourth-order valence-electron chi connectivity index (χ4n) is 2.72. The second-order valence-electron chi connectivity index (χ2n) is 6.52. The molecular formula is C21H32N2O7. The zero-order chi connectivity index (χ0) is 22.4. The Kier molecular flexibility index (Phi) is 12.3. The summed E-state index contributed by atoms with van der Waals surface area (Å²) in [5.74, 6) is -2.27. The van der Waals surface area contributed by atoms with E-state index in [4.69, 9.17) is 19.4 Å². The predicted octanol–water partition coefficient (Wildman–Crippen LogP) is 1.41. The molecule has 1 amide bonds. The van der Waals surface area contributed by atoms with Crippen LogP contribution in [0, 0.1) is 0 Å². The Bertz CT molecular complexity index is 654. The van der Waals surface area contributed by atoms with Crippen LogP contribution < -0.4 is 5.32 Å². The molecule has 0 aliphatic heterocycles. The summed E-state index contributed by atoms with van der Waals surface area (Å²) in [5.41, 5.74) is 1.05. The lowest BCUT2D eigenvalue weighted by Gasteiger charge is -2.26. The van der Waals surface area contributed by atoms with Crippen molar-refractivity contribution in [1.82, 2.24) is 10.4 Å². The Labute approximate surface area is 177 Å². The summed E-state index contributed by atoms with van der Waals surface area (Å²) in [4.78, 5) is 41.5. The van der Waals surface area contributed by atoms with Crippen LogP contribution in [-0.4, -0.2) is 73.1 Å². The van der Waals surface area contributed by atoms with Crippen LogP contribution in [0.25, 0.3) is 0 Å². The largest absolute Gasteiger partial charge is 0.480 e. The highest BCUT2D eigenvalue weighted by molar-refractivity contribution is 5.85. The zero-order valence-corrected chi connectivity index (χ0v) is 17.8. The summed E-state index contributed by atoms with van der Waals surface area (Å²) in [5, 5.41) is 12.8. The molecular weight excluding hydrogens is 392 g/mol. The number of carbonyl (C=O) groups excluding carboxylic acids is 2. The standard InChI is InChI=1S/C21H32N2O7/c1-4-28-13-14-30-23(15-19(24)25)20(26)16(3)22-18(21(27)29-5-2)12-11-17-9-7-6-8-10-17/h6-10,16,18,22H,4-5,11-15H2,1-3H3,(H,24,25)/t16-,18-/m0/s1. The third kappa shape index (κ3) is 9.82. The monoisotopic (exact) mass is 424 g/mol. The highest BCUT2D eigenvalue weighted by Gasteiger charge is 2.29.